The summed E-state index contributed by atoms with van der Waals surface area (Å²) in [7, 11) is 0. The van der Waals surface area contributed by atoms with E-state index in [4.69, 9.17) is 14.2 Å². The Morgan fingerprint density at radius 2 is 0.456 bits per heavy atom. The van der Waals surface area contributed by atoms with Crippen molar-refractivity contribution in [3.63, 3.8) is 0 Å². The molecule has 6 heteroatoms. The minimum atomic E-state index is -0.815. The topological polar surface area (TPSA) is 78.9 Å². The second-order valence-corrected chi connectivity index (χ2v) is 20.2. The van der Waals surface area contributed by atoms with Gasteiger partial charge in [-0.25, -0.2) is 0 Å². The van der Waals surface area contributed by atoms with Gasteiger partial charge >= 0.3 is 17.9 Å². The minimum Gasteiger partial charge on any atom is -0.462 e. The smallest absolute Gasteiger partial charge is 0.306 e. The third-order valence-corrected chi connectivity index (χ3v) is 12.7. The molecule has 0 aromatic carbocycles. The third kappa shape index (κ3) is 63.5. The van der Waals surface area contributed by atoms with Crippen LogP contribution >= 0.6 is 0 Å². The first-order valence-corrected chi connectivity index (χ1v) is 31.6. The molecule has 0 aliphatic carbocycles. The Morgan fingerprint density at radius 1 is 0.253 bits per heavy atom. The van der Waals surface area contributed by atoms with Gasteiger partial charge in [-0.05, 0) is 148 Å². The summed E-state index contributed by atoms with van der Waals surface area (Å²) in [5.41, 5.74) is 0. The SMILES string of the molecule is CC/C=C\C/C=C\C/C=C\C/C=C\C/C=C\C/C=C\C/C=C\CCCCCC(=O)OCC(COC(=O)CCCCCCC/C=C\C/C=C\C/C=C\CC)OC(=O)CCCCCCCCCC/C=C\C/C=C\C/C=C\C/C=C\CC. The van der Waals surface area contributed by atoms with Crippen molar-refractivity contribution in [2.24, 2.45) is 0 Å². The summed E-state index contributed by atoms with van der Waals surface area (Å²) in [6.45, 7) is 6.25. The van der Waals surface area contributed by atoms with Crippen LogP contribution in [0.15, 0.2) is 170 Å². The van der Waals surface area contributed by atoms with Gasteiger partial charge in [-0.15, -0.1) is 0 Å². The van der Waals surface area contributed by atoms with Crippen molar-refractivity contribution in [2.75, 3.05) is 13.2 Å². The number of hydrogen-bond acceptors (Lipinski definition) is 6. The van der Waals surface area contributed by atoms with Gasteiger partial charge in [0.15, 0.2) is 6.10 Å². The Labute approximate surface area is 485 Å². The number of unbranched alkanes of at least 4 members (excludes halogenated alkanes) is 16. The highest BCUT2D eigenvalue weighted by atomic mass is 16.6. The second-order valence-electron chi connectivity index (χ2n) is 20.2. The van der Waals surface area contributed by atoms with E-state index in [9.17, 15) is 14.4 Å². The first kappa shape index (κ1) is 73.8. The highest BCUT2D eigenvalue weighted by molar-refractivity contribution is 5.71. The molecule has 0 aromatic heterocycles. The molecule has 0 bridgehead atoms. The molecule has 0 rings (SSSR count). The number of rotatable bonds is 55. The molecule has 1 atom stereocenters. The molecule has 0 saturated carbocycles. The summed E-state index contributed by atoms with van der Waals surface area (Å²) in [6.07, 6.45) is 96.3. The number of carbonyl (C=O) groups is 3. The molecule has 0 aliphatic heterocycles. The molecule has 0 saturated heterocycles. The van der Waals surface area contributed by atoms with Crippen LogP contribution in [0.1, 0.15) is 252 Å². The van der Waals surface area contributed by atoms with Crippen LogP contribution in [-0.4, -0.2) is 37.2 Å². The normalized spacial score (nSPS) is 13.3. The summed E-state index contributed by atoms with van der Waals surface area (Å²) in [6, 6.07) is 0. The molecule has 79 heavy (non-hydrogen) atoms. The molecule has 0 heterocycles. The zero-order valence-electron chi connectivity index (χ0n) is 50.6. The lowest BCUT2D eigenvalue weighted by atomic mass is 10.1. The van der Waals surface area contributed by atoms with E-state index >= 15 is 0 Å². The monoisotopic (exact) mass is 1090 g/mol. The lowest BCUT2D eigenvalue weighted by Crippen LogP contribution is -2.30. The Balaban J connectivity index is 4.50. The van der Waals surface area contributed by atoms with Gasteiger partial charge in [0.25, 0.3) is 0 Å². The lowest BCUT2D eigenvalue weighted by Gasteiger charge is -2.18. The van der Waals surface area contributed by atoms with Gasteiger partial charge in [0, 0.05) is 19.3 Å². The first-order valence-electron chi connectivity index (χ1n) is 31.6. The van der Waals surface area contributed by atoms with Gasteiger partial charge in [0.1, 0.15) is 13.2 Å². The van der Waals surface area contributed by atoms with E-state index in [0.717, 1.165) is 180 Å². The number of ether oxygens (including phenoxy) is 3. The van der Waals surface area contributed by atoms with Crippen molar-refractivity contribution in [2.45, 2.75) is 258 Å². The molecule has 1 unspecified atom stereocenters. The molecular weight excluding hydrogens is 973 g/mol. The van der Waals surface area contributed by atoms with Gasteiger partial charge in [-0.3, -0.25) is 14.4 Å². The van der Waals surface area contributed by atoms with Gasteiger partial charge < -0.3 is 14.2 Å². The van der Waals surface area contributed by atoms with Crippen molar-refractivity contribution >= 4 is 17.9 Å². The Hall–Kier alpha value is -5.23. The van der Waals surface area contributed by atoms with Crippen LogP contribution in [0.2, 0.25) is 0 Å². The molecule has 0 fully saturated rings. The van der Waals surface area contributed by atoms with Crippen LogP contribution in [0.25, 0.3) is 0 Å². The van der Waals surface area contributed by atoms with E-state index < -0.39 is 6.10 Å². The highest BCUT2D eigenvalue weighted by Crippen LogP contribution is 2.14. The summed E-state index contributed by atoms with van der Waals surface area (Å²) in [4.78, 5) is 38.3. The molecule has 0 amide bonds. The molecule has 0 aliphatic rings. The number of carbonyl (C=O) groups excluding carboxylic acids is 3. The summed E-state index contributed by atoms with van der Waals surface area (Å²) < 4.78 is 16.9. The Morgan fingerprint density at radius 3 is 0.722 bits per heavy atom. The fraction of sp³-hybridized carbons (Fsp3) is 0.575. The summed E-state index contributed by atoms with van der Waals surface area (Å²) >= 11 is 0. The lowest BCUT2D eigenvalue weighted by molar-refractivity contribution is -0.167. The maximum absolute atomic E-state index is 12.9. The van der Waals surface area contributed by atoms with Crippen molar-refractivity contribution in [3.8, 4) is 0 Å². The predicted octanol–water partition coefficient (Wildman–Crippen LogP) is 21.9. The van der Waals surface area contributed by atoms with Crippen LogP contribution in [0.4, 0.5) is 0 Å². The van der Waals surface area contributed by atoms with Crippen molar-refractivity contribution in [3.05, 3.63) is 170 Å². The first-order chi connectivity index (χ1) is 39.0. The molecule has 0 radical (unpaired) electrons. The van der Waals surface area contributed by atoms with E-state index in [0.29, 0.717) is 19.3 Å². The zero-order valence-corrected chi connectivity index (χ0v) is 50.6. The van der Waals surface area contributed by atoms with Crippen LogP contribution in [-0.2, 0) is 28.6 Å². The average Bonchev–Trinajstić information content (AvgIpc) is 3.45. The van der Waals surface area contributed by atoms with E-state index in [1.54, 1.807) is 0 Å². The van der Waals surface area contributed by atoms with Crippen molar-refractivity contribution in [1.29, 1.82) is 0 Å². The van der Waals surface area contributed by atoms with Crippen molar-refractivity contribution in [1.82, 2.24) is 0 Å². The minimum absolute atomic E-state index is 0.109. The highest BCUT2D eigenvalue weighted by Gasteiger charge is 2.19. The van der Waals surface area contributed by atoms with Crippen LogP contribution in [0.3, 0.4) is 0 Å². The van der Waals surface area contributed by atoms with E-state index in [1.807, 2.05) is 0 Å². The maximum Gasteiger partial charge on any atom is 0.306 e. The summed E-state index contributed by atoms with van der Waals surface area (Å²) in [5.74, 6) is -0.972. The van der Waals surface area contributed by atoms with Gasteiger partial charge in [-0.1, -0.05) is 255 Å². The average molecular weight is 1090 g/mol. The zero-order chi connectivity index (χ0) is 57.1. The molecule has 0 aromatic rings. The van der Waals surface area contributed by atoms with Crippen LogP contribution < -0.4 is 0 Å². The van der Waals surface area contributed by atoms with Gasteiger partial charge in [0.2, 0.25) is 0 Å². The number of hydrogen-bond donors (Lipinski definition) is 0. The third-order valence-electron chi connectivity index (χ3n) is 12.7. The molecule has 442 valence electrons. The second kappa shape index (κ2) is 65.3. The van der Waals surface area contributed by atoms with Crippen LogP contribution in [0, 0.1) is 0 Å². The fourth-order valence-corrected chi connectivity index (χ4v) is 8.07. The van der Waals surface area contributed by atoms with Crippen molar-refractivity contribution < 1.29 is 28.6 Å². The molecular formula is C73H114O6. The molecule has 0 spiro atoms. The van der Waals surface area contributed by atoms with Gasteiger partial charge in [-0.2, -0.15) is 0 Å². The maximum atomic E-state index is 12.9. The van der Waals surface area contributed by atoms with Gasteiger partial charge in [0.05, 0.1) is 0 Å². The Kier molecular flexibility index (Phi) is 61.0. The molecule has 6 nitrogen and oxygen atoms in total. The number of allylic oxidation sites excluding steroid dienone is 28. The standard InChI is InChI=1S/C73H114O6/c1-4-7-10-13-16-19-22-25-28-30-32-34-35-36-37-39-40-42-45-48-51-54-57-60-63-66-72(75)78-69-70(68-77-71(74)65-62-59-56-53-50-47-44-27-24-21-18-15-12-9-6-3)79-73(76)67-64-61-58-55-52-49-46-43-41-38-33-31-29-26-23-20-17-14-11-8-5-2/h7-12,16-21,25-29,32-34,36-38,40,42,44,48,51,70H,4-6,13-15,22-24,30-31,35,39,41,43,45-47,49-50,52-69H2,1-3H3/b10-7-,11-8-,12-9-,19-16-,20-17-,21-18-,28-25-,29-26-,34-32-,37-36-,38-33-,42-40-,44-27-,51-48-. The van der Waals surface area contributed by atoms with E-state index in [1.165, 1.54) is 32.1 Å². The number of esters is 3. The Bertz CT molecular complexity index is 1820. The fourth-order valence-electron chi connectivity index (χ4n) is 8.07. The summed E-state index contributed by atoms with van der Waals surface area (Å²) in [5, 5.41) is 0. The largest absolute Gasteiger partial charge is 0.462 e. The quantitative estimate of drug-likeness (QED) is 0.0261. The molecule has 0 N–H and O–H groups in total. The predicted molar refractivity (Wildman–Crippen MR) is 343 cm³/mol. The van der Waals surface area contributed by atoms with E-state index in [2.05, 4.69) is 191 Å². The van der Waals surface area contributed by atoms with Crippen LogP contribution in [0.5, 0.6) is 0 Å². The van der Waals surface area contributed by atoms with E-state index in [-0.39, 0.29) is 31.1 Å².